The Morgan fingerprint density at radius 1 is 1.40 bits per heavy atom. The first-order valence-corrected chi connectivity index (χ1v) is 6.50. The van der Waals surface area contributed by atoms with Crippen LogP contribution in [0.5, 0.6) is 0 Å². The molecule has 114 valence electrons. The smallest absolute Gasteiger partial charge is 0.328 e. The van der Waals surface area contributed by atoms with Gasteiger partial charge in [0.25, 0.3) is 0 Å². The summed E-state index contributed by atoms with van der Waals surface area (Å²) in [7, 11) is 0. The SMILES string of the molecule is CC(N)C1CCN(Cc2cccc(C(F)(F)F)c2)C1.Cl. The Kier molecular flexibility index (Phi) is 5.86. The van der Waals surface area contributed by atoms with E-state index in [1.54, 1.807) is 6.07 Å². The second-order valence-electron chi connectivity index (χ2n) is 5.34. The average molecular weight is 309 g/mol. The van der Waals surface area contributed by atoms with Crippen LogP contribution >= 0.6 is 12.4 Å². The number of benzene rings is 1. The van der Waals surface area contributed by atoms with Crippen molar-refractivity contribution in [3.63, 3.8) is 0 Å². The molecule has 1 fully saturated rings. The van der Waals surface area contributed by atoms with Gasteiger partial charge in [-0.3, -0.25) is 4.90 Å². The molecule has 1 aliphatic rings. The lowest BCUT2D eigenvalue weighted by molar-refractivity contribution is -0.137. The van der Waals surface area contributed by atoms with Gasteiger partial charge in [0, 0.05) is 19.1 Å². The molecule has 1 aromatic rings. The zero-order chi connectivity index (χ0) is 14.0. The quantitative estimate of drug-likeness (QED) is 0.928. The molecule has 1 aliphatic heterocycles. The minimum atomic E-state index is -4.27. The molecule has 2 N–H and O–H groups in total. The van der Waals surface area contributed by atoms with E-state index in [0.717, 1.165) is 25.6 Å². The van der Waals surface area contributed by atoms with Crippen molar-refractivity contribution in [1.82, 2.24) is 4.90 Å². The number of rotatable bonds is 3. The standard InChI is InChI=1S/C14H19F3N2.ClH/c1-10(18)12-5-6-19(9-12)8-11-3-2-4-13(7-11)14(15,16)17;/h2-4,7,10,12H,5-6,8-9,18H2,1H3;1H. The van der Waals surface area contributed by atoms with E-state index < -0.39 is 11.7 Å². The summed E-state index contributed by atoms with van der Waals surface area (Å²) < 4.78 is 37.9. The van der Waals surface area contributed by atoms with Crippen LogP contribution in [0.15, 0.2) is 24.3 Å². The van der Waals surface area contributed by atoms with Gasteiger partial charge in [0.2, 0.25) is 0 Å². The third-order valence-corrected chi connectivity index (χ3v) is 3.71. The molecule has 0 saturated carbocycles. The number of hydrogen-bond acceptors (Lipinski definition) is 2. The van der Waals surface area contributed by atoms with Gasteiger partial charge in [-0.2, -0.15) is 13.2 Å². The molecule has 2 nitrogen and oxygen atoms in total. The summed E-state index contributed by atoms with van der Waals surface area (Å²) in [6.07, 6.45) is -3.24. The summed E-state index contributed by atoms with van der Waals surface area (Å²) in [5.41, 5.74) is 5.99. The Morgan fingerprint density at radius 2 is 2.10 bits per heavy atom. The molecule has 6 heteroatoms. The van der Waals surface area contributed by atoms with Gasteiger partial charge in [0.05, 0.1) is 5.56 Å². The molecule has 20 heavy (non-hydrogen) atoms. The molecule has 1 saturated heterocycles. The van der Waals surface area contributed by atoms with Crippen LogP contribution in [0, 0.1) is 5.92 Å². The van der Waals surface area contributed by atoms with Crippen LogP contribution in [0.2, 0.25) is 0 Å². The number of likely N-dealkylation sites (tertiary alicyclic amines) is 1. The van der Waals surface area contributed by atoms with Crippen LogP contribution in [0.1, 0.15) is 24.5 Å². The first-order chi connectivity index (χ1) is 8.86. The van der Waals surface area contributed by atoms with Gasteiger partial charge >= 0.3 is 6.18 Å². The molecule has 2 unspecified atom stereocenters. The Balaban J connectivity index is 0.00000200. The van der Waals surface area contributed by atoms with Crippen molar-refractivity contribution >= 4 is 12.4 Å². The third kappa shape index (κ3) is 4.36. The van der Waals surface area contributed by atoms with Crippen molar-refractivity contribution in [3.8, 4) is 0 Å². The Morgan fingerprint density at radius 3 is 2.65 bits per heavy atom. The molecule has 1 aromatic carbocycles. The number of hydrogen-bond donors (Lipinski definition) is 1. The number of nitrogens with two attached hydrogens (primary N) is 1. The highest BCUT2D eigenvalue weighted by atomic mass is 35.5. The molecule has 2 rings (SSSR count). The molecule has 0 aliphatic carbocycles. The van der Waals surface area contributed by atoms with E-state index >= 15 is 0 Å². The fourth-order valence-electron chi connectivity index (χ4n) is 2.54. The monoisotopic (exact) mass is 308 g/mol. The predicted octanol–water partition coefficient (Wildman–Crippen LogP) is 3.30. The first-order valence-electron chi connectivity index (χ1n) is 6.50. The van der Waals surface area contributed by atoms with Crippen LogP contribution in [0.3, 0.4) is 0 Å². The number of halogens is 4. The second-order valence-corrected chi connectivity index (χ2v) is 5.34. The van der Waals surface area contributed by atoms with Gasteiger partial charge in [-0.25, -0.2) is 0 Å². The lowest BCUT2D eigenvalue weighted by atomic mass is 10.0. The summed E-state index contributed by atoms with van der Waals surface area (Å²) in [6.45, 7) is 4.32. The van der Waals surface area contributed by atoms with Crippen molar-refractivity contribution in [1.29, 1.82) is 0 Å². The summed E-state index contributed by atoms with van der Waals surface area (Å²) >= 11 is 0. The fraction of sp³-hybridized carbons (Fsp3) is 0.571. The first kappa shape index (κ1) is 17.3. The highest BCUT2D eigenvalue weighted by Crippen LogP contribution is 2.30. The van der Waals surface area contributed by atoms with E-state index in [2.05, 4.69) is 4.90 Å². The summed E-state index contributed by atoms with van der Waals surface area (Å²) in [5.74, 6) is 0.450. The Hall–Kier alpha value is -0.780. The molecular weight excluding hydrogens is 289 g/mol. The van der Waals surface area contributed by atoms with Crippen molar-refractivity contribution in [3.05, 3.63) is 35.4 Å². The van der Waals surface area contributed by atoms with Crippen molar-refractivity contribution in [2.45, 2.75) is 32.1 Å². The van der Waals surface area contributed by atoms with E-state index in [0.29, 0.717) is 18.0 Å². The predicted molar refractivity (Wildman–Crippen MR) is 75.7 cm³/mol. The van der Waals surface area contributed by atoms with E-state index in [-0.39, 0.29) is 18.4 Å². The van der Waals surface area contributed by atoms with E-state index in [1.165, 1.54) is 12.1 Å². The van der Waals surface area contributed by atoms with Crippen LogP contribution in [-0.2, 0) is 12.7 Å². The minimum Gasteiger partial charge on any atom is -0.328 e. The maximum absolute atomic E-state index is 12.6. The topological polar surface area (TPSA) is 29.3 Å². The van der Waals surface area contributed by atoms with E-state index in [1.807, 2.05) is 6.92 Å². The fourth-order valence-corrected chi connectivity index (χ4v) is 2.54. The van der Waals surface area contributed by atoms with Crippen molar-refractivity contribution < 1.29 is 13.2 Å². The Bertz CT molecular complexity index is 435. The summed E-state index contributed by atoms with van der Waals surface area (Å²) in [4.78, 5) is 2.17. The minimum absolute atomic E-state index is 0. The van der Waals surface area contributed by atoms with Crippen molar-refractivity contribution in [2.24, 2.45) is 11.7 Å². The van der Waals surface area contributed by atoms with Gasteiger partial charge in [-0.1, -0.05) is 18.2 Å². The van der Waals surface area contributed by atoms with Gasteiger partial charge < -0.3 is 5.73 Å². The average Bonchev–Trinajstić information content (AvgIpc) is 2.77. The number of alkyl halides is 3. The van der Waals surface area contributed by atoms with Gasteiger partial charge in [-0.15, -0.1) is 12.4 Å². The van der Waals surface area contributed by atoms with Gasteiger partial charge in [-0.05, 0) is 37.4 Å². The normalized spacial score (nSPS) is 21.6. The molecule has 0 bridgehead atoms. The zero-order valence-electron chi connectivity index (χ0n) is 11.4. The maximum atomic E-state index is 12.6. The van der Waals surface area contributed by atoms with Crippen LogP contribution in [0.4, 0.5) is 13.2 Å². The van der Waals surface area contributed by atoms with Crippen LogP contribution < -0.4 is 5.73 Å². The second kappa shape index (κ2) is 6.78. The molecule has 0 spiro atoms. The maximum Gasteiger partial charge on any atom is 0.416 e. The summed E-state index contributed by atoms with van der Waals surface area (Å²) in [5, 5.41) is 0. The molecular formula is C14H20ClF3N2. The van der Waals surface area contributed by atoms with E-state index in [4.69, 9.17) is 5.73 Å². The highest BCUT2D eigenvalue weighted by molar-refractivity contribution is 5.85. The van der Waals surface area contributed by atoms with E-state index in [9.17, 15) is 13.2 Å². The van der Waals surface area contributed by atoms with Gasteiger partial charge in [0.15, 0.2) is 0 Å². The van der Waals surface area contributed by atoms with Crippen LogP contribution in [-0.4, -0.2) is 24.0 Å². The Labute approximate surface area is 123 Å². The lowest BCUT2D eigenvalue weighted by Crippen LogP contribution is -2.29. The molecule has 1 heterocycles. The van der Waals surface area contributed by atoms with Crippen molar-refractivity contribution in [2.75, 3.05) is 13.1 Å². The largest absolute Gasteiger partial charge is 0.416 e. The molecule has 0 amide bonds. The third-order valence-electron chi connectivity index (χ3n) is 3.71. The molecule has 0 aromatic heterocycles. The summed E-state index contributed by atoms with van der Waals surface area (Å²) in [6, 6.07) is 5.70. The number of nitrogens with zero attached hydrogens (tertiary/aromatic N) is 1. The zero-order valence-corrected chi connectivity index (χ0v) is 12.2. The highest BCUT2D eigenvalue weighted by Gasteiger charge is 2.31. The van der Waals surface area contributed by atoms with Crippen LogP contribution in [0.25, 0.3) is 0 Å². The van der Waals surface area contributed by atoms with Gasteiger partial charge in [0.1, 0.15) is 0 Å². The lowest BCUT2D eigenvalue weighted by Gasteiger charge is -2.18. The molecule has 2 atom stereocenters. The molecule has 0 radical (unpaired) electrons.